The van der Waals surface area contributed by atoms with Gasteiger partial charge in [-0.25, -0.2) is 4.79 Å². The first kappa shape index (κ1) is 16.0. The smallest absolute Gasteiger partial charge is 0.335 e. The fraction of sp³-hybridized carbons (Fsp3) is 0.467. The monoisotopic (exact) mass is 355 g/mol. The van der Waals surface area contributed by atoms with Crippen LogP contribution in [-0.2, 0) is 14.3 Å². The van der Waals surface area contributed by atoms with Crippen molar-refractivity contribution in [3.63, 3.8) is 0 Å². The standard InChI is InChI=1S/C15H18BrNO4/c1-15(2,3)17-11(18)8-21-13(14(19)20)12(17)9-6-4-5-7-10(9)16/h4-7,12-13H,8H2,1-3H3,(H,19,20). The molecule has 0 saturated carbocycles. The summed E-state index contributed by atoms with van der Waals surface area (Å²) in [5, 5.41) is 9.45. The molecule has 0 bridgehead atoms. The Labute approximate surface area is 132 Å². The highest BCUT2D eigenvalue weighted by Gasteiger charge is 2.46. The van der Waals surface area contributed by atoms with Crippen LogP contribution in [0, 0.1) is 0 Å². The van der Waals surface area contributed by atoms with Crippen molar-refractivity contribution < 1.29 is 19.4 Å². The molecule has 1 saturated heterocycles. The van der Waals surface area contributed by atoms with Gasteiger partial charge in [-0.15, -0.1) is 0 Å². The summed E-state index contributed by atoms with van der Waals surface area (Å²) in [5.41, 5.74) is 0.224. The number of nitrogens with zero attached hydrogens (tertiary/aromatic N) is 1. The topological polar surface area (TPSA) is 66.8 Å². The van der Waals surface area contributed by atoms with E-state index in [1.807, 2.05) is 45.0 Å². The Balaban J connectivity index is 2.58. The Kier molecular flexibility index (Phi) is 4.39. The van der Waals surface area contributed by atoms with Gasteiger partial charge in [0.15, 0.2) is 6.10 Å². The van der Waals surface area contributed by atoms with E-state index in [0.29, 0.717) is 0 Å². The van der Waals surface area contributed by atoms with Gasteiger partial charge in [0.2, 0.25) is 5.91 Å². The zero-order valence-electron chi connectivity index (χ0n) is 12.2. The molecule has 1 fully saturated rings. The molecule has 0 aromatic heterocycles. The molecule has 1 amide bonds. The van der Waals surface area contributed by atoms with Gasteiger partial charge in [0, 0.05) is 10.0 Å². The van der Waals surface area contributed by atoms with Crippen LogP contribution in [0.3, 0.4) is 0 Å². The third kappa shape index (κ3) is 3.11. The molecule has 21 heavy (non-hydrogen) atoms. The van der Waals surface area contributed by atoms with Crippen molar-refractivity contribution in [3.05, 3.63) is 34.3 Å². The maximum absolute atomic E-state index is 12.3. The van der Waals surface area contributed by atoms with Gasteiger partial charge in [-0.1, -0.05) is 34.1 Å². The summed E-state index contributed by atoms with van der Waals surface area (Å²) < 4.78 is 6.05. The van der Waals surface area contributed by atoms with E-state index in [1.165, 1.54) is 0 Å². The van der Waals surface area contributed by atoms with Crippen LogP contribution in [-0.4, -0.2) is 40.1 Å². The Morgan fingerprint density at radius 3 is 2.52 bits per heavy atom. The van der Waals surface area contributed by atoms with E-state index in [9.17, 15) is 14.7 Å². The van der Waals surface area contributed by atoms with Crippen molar-refractivity contribution >= 4 is 27.8 Å². The summed E-state index contributed by atoms with van der Waals surface area (Å²) in [4.78, 5) is 25.5. The molecule has 2 unspecified atom stereocenters. The molecular formula is C15H18BrNO4. The van der Waals surface area contributed by atoms with Crippen molar-refractivity contribution in [2.24, 2.45) is 0 Å². The van der Waals surface area contributed by atoms with Gasteiger partial charge >= 0.3 is 5.97 Å². The Morgan fingerprint density at radius 1 is 1.38 bits per heavy atom. The van der Waals surface area contributed by atoms with E-state index in [-0.39, 0.29) is 12.5 Å². The van der Waals surface area contributed by atoms with Crippen LogP contribution in [0.4, 0.5) is 0 Å². The van der Waals surface area contributed by atoms with Gasteiger partial charge in [-0.3, -0.25) is 4.79 Å². The highest BCUT2D eigenvalue weighted by atomic mass is 79.9. The molecule has 6 heteroatoms. The minimum absolute atomic E-state index is 0.208. The number of rotatable bonds is 2. The van der Waals surface area contributed by atoms with Crippen molar-refractivity contribution in [2.75, 3.05) is 6.61 Å². The third-order valence-electron chi connectivity index (χ3n) is 3.41. The van der Waals surface area contributed by atoms with Crippen molar-refractivity contribution in [2.45, 2.75) is 38.5 Å². The van der Waals surface area contributed by atoms with Gasteiger partial charge in [0.25, 0.3) is 0 Å². The molecule has 1 heterocycles. The molecule has 2 rings (SSSR count). The highest BCUT2D eigenvalue weighted by Crippen LogP contribution is 2.38. The Bertz CT molecular complexity index is 567. The molecule has 1 aliphatic heterocycles. The Morgan fingerprint density at radius 2 is 2.00 bits per heavy atom. The highest BCUT2D eigenvalue weighted by molar-refractivity contribution is 9.10. The molecule has 0 aliphatic carbocycles. The summed E-state index contributed by atoms with van der Waals surface area (Å²) in [6.45, 7) is 5.45. The van der Waals surface area contributed by atoms with Crippen molar-refractivity contribution in [1.29, 1.82) is 0 Å². The fourth-order valence-electron chi connectivity index (χ4n) is 2.63. The lowest BCUT2D eigenvalue weighted by Gasteiger charge is -2.47. The molecule has 2 atom stereocenters. The van der Waals surface area contributed by atoms with Crippen LogP contribution in [0.2, 0.25) is 0 Å². The Hall–Kier alpha value is -1.40. The summed E-state index contributed by atoms with van der Waals surface area (Å²) in [6.07, 6.45) is -1.08. The number of ether oxygens (including phenoxy) is 1. The number of carboxylic acid groups (broad SMARTS) is 1. The largest absolute Gasteiger partial charge is 0.479 e. The zero-order valence-corrected chi connectivity index (χ0v) is 13.8. The van der Waals surface area contributed by atoms with E-state index in [0.717, 1.165) is 10.0 Å². The van der Waals surface area contributed by atoms with Crippen LogP contribution in [0.25, 0.3) is 0 Å². The lowest BCUT2D eigenvalue weighted by molar-refractivity contribution is -0.179. The summed E-state index contributed by atoms with van der Waals surface area (Å²) in [6, 6.07) is 6.63. The van der Waals surface area contributed by atoms with Crippen LogP contribution < -0.4 is 0 Å². The van der Waals surface area contributed by atoms with Gasteiger partial charge < -0.3 is 14.7 Å². The predicted molar refractivity (Wildman–Crippen MR) is 80.9 cm³/mol. The van der Waals surface area contributed by atoms with Crippen LogP contribution in [0.5, 0.6) is 0 Å². The number of carbonyl (C=O) groups is 2. The van der Waals surface area contributed by atoms with E-state index in [2.05, 4.69) is 15.9 Å². The van der Waals surface area contributed by atoms with Crippen LogP contribution >= 0.6 is 15.9 Å². The third-order valence-corrected chi connectivity index (χ3v) is 4.13. The summed E-state index contributed by atoms with van der Waals surface area (Å²) in [7, 11) is 0. The number of hydrogen-bond acceptors (Lipinski definition) is 3. The minimum Gasteiger partial charge on any atom is -0.479 e. The maximum atomic E-state index is 12.3. The first-order valence-corrected chi connectivity index (χ1v) is 7.44. The first-order chi connectivity index (χ1) is 9.73. The fourth-order valence-corrected chi connectivity index (χ4v) is 3.15. The second-order valence-corrected chi connectivity index (χ2v) is 6.83. The minimum atomic E-state index is -1.08. The molecule has 114 valence electrons. The average molecular weight is 356 g/mol. The number of hydrogen-bond donors (Lipinski definition) is 1. The number of benzene rings is 1. The number of carboxylic acids is 1. The number of amides is 1. The van der Waals surface area contributed by atoms with E-state index in [1.54, 1.807) is 4.90 Å². The zero-order chi connectivity index (χ0) is 15.8. The molecule has 1 aromatic carbocycles. The van der Waals surface area contributed by atoms with E-state index < -0.39 is 23.7 Å². The lowest BCUT2D eigenvalue weighted by Crippen LogP contribution is -2.58. The van der Waals surface area contributed by atoms with Crippen molar-refractivity contribution in [3.8, 4) is 0 Å². The lowest BCUT2D eigenvalue weighted by atomic mass is 9.92. The summed E-state index contributed by atoms with van der Waals surface area (Å²) in [5.74, 6) is -1.28. The molecule has 1 aromatic rings. The number of halogens is 1. The second-order valence-electron chi connectivity index (χ2n) is 5.97. The maximum Gasteiger partial charge on any atom is 0.335 e. The van der Waals surface area contributed by atoms with Crippen LogP contribution in [0.15, 0.2) is 28.7 Å². The molecular weight excluding hydrogens is 338 g/mol. The molecule has 0 spiro atoms. The SMILES string of the molecule is CC(C)(C)N1C(=O)COC(C(=O)O)C1c1ccccc1Br. The molecule has 5 nitrogen and oxygen atoms in total. The first-order valence-electron chi connectivity index (χ1n) is 6.64. The second kappa shape index (κ2) is 5.77. The van der Waals surface area contributed by atoms with E-state index >= 15 is 0 Å². The average Bonchev–Trinajstić information content (AvgIpc) is 2.37. The van der Waals surface area contributed by atoms with Crippen molar-refractivity contribution in [1.82, 2.24) is 4.90 Å². The van der Waals surface area contributed by atoms with Crippen LogP contribution in [0.1, 0.15) is 32.4 Å². The molecule has 1 aliphatic rings. The number of aliphatic carboxylic acids is 1. The predicted octanol–water partition coefficient (Wildman–Crippen LogP) is 2.60. The molecule has 0 radical (unpaired) electrons. The van der Waals surface area contributed by atoms with Gasteiger partial charge in [0.1, 0.15) is 6.61 Å². The van der Waals surface area contributed by atoms with Gasteiger partial charge in [-0.2, -0.15) is 0 Å². The van der Waals surface area contributed by atoms with Gasteiger partial charge in [-0.05, 0) is 32.4 Å². The number of morpholine rings is 1. The van der Waals surface area contributed by atoms with Gasteiger partial charge in [0.05, 0.1) is 6.04 Å². The quantitative estimate of drug-likeness (QED) is 0.885. The molecule has 1 N–H and O–H groups in total. The normalized spacial score (nSPS) is 23.2. The number of carbonyl (C=O) groups excluding carboxylic acids is 1. The van der Waals surface area contributed by atoms with E-state index in [4.69, 9.17) is 4.74 Å². The summed E-state index contributed by atoms with van der Waals surface area (Å²) >= 11 is 3.44.